The van der Waals surface area contributed by atoms with Crippen LogP contribution in [-0.4, -0.2) is 92.6 Å². The molecule has 0 spiro atoms. The molecule has 2 aromatic heterocycles. The minimum absolute atomic E-state index is 0.0826. The van der Waals surface area contributed by atoms with Crippen LogP contribution < -0.4 is 0 Å². The minimum atomic E-state index is -0.341. The van der Waals surface area contributed by atoms with E-state index in [1.54, 1.807) is 0 Å². The number of hydrogen-bond donors (Lipinski definition) is 2. The molecule has 286 valence electrons. The molecule has 2 amide bonds. The first-order chi connectivity index (χ1) is 27.3. The SMILES string of the molecule is CN(C)C(C(=O)N1CCC[C@H]1c1ncc(-c2ccc(-c3ccc(-c4cnc([C@@H]5CCCN5C(=O)C(c5ccccc5)N(C)C)[nH]4)cc3)cc2)[nH]1)c1ccccc1. The van der Waals surface area contributed by atoms with Crippen LogP contribution in [0.1, 0.15) is 72.6 Å². The zero-order valence-electron chi connectivity index (χ0n) is 32.6. The van der Waals surface area contributed by atoms with Crippen molar-refractivity contribution in [2.75, 3.05) is 41.3 Å². The van der Waals surface area contributed by atoms with Gasteiger partial charge in [0.2, 0.25) is 11.8 Å². The molecule has 2 fully saturated rings. The summed E-state index contributed by atoms with van der Waals surface area (Å²) in [5.74, 6) is 1.87. The van der Waals surface area contributed by atoms with Crippen molar-refractivity contribution < 1.29 is 9.59 Å². The average Bonchev–Trinajstić information content (AvgIpc) is 4.06. The van der Waals surface area contributed by atoms with Gasteiger partial charge < -0.3 is 19.8 Å². The van der Waals surface area contributed by atoms with Crippen molar-refractivity contribution in [3.63, 3.8) is 0 Å². The van der Waals surface area contributed by atoms with E-state index in [9.17, 15) is 9.59 Å². The van der Waals surface area contributed by atoms with Crippen LogP contribution in [0.4, 0.5) is 0 Å². The number of nitrogens with zero attached hydrogens (tertiary/aromatic N) is 6. The molecule has 8 rings (SSSR count). The maximum atomic E-state index is 13.9. The second kappa shape index (κ2) is 16.1. The number of likely N-dealkylation sites (tertiary alicyclic amines) is 2. The molecule has 0 saturated carbocycles. The molecule has 10 heteroatoms. The Kier molecular flexibility index (Phi) is 10.7. The summed E-state index contributed by atoms with van der Waals surface area (Å²) in [6.45, 7) is 1.44. The quantitative estimate of drug-likeness (QED) is 0.139. The number of H-pyrrole nitrogens is 2. The Morgan fingerprint density at radius 1 is 0.554 bits per heavy atom. The predicted octanol–water partition coefficient (Wildman–Crippen LogP) is 8.07. The van der Waals surface area contributed by atoms with Crippen molar-refractivity contribution in [2.45, 2.75) is 49.9 Å². The van der Waals surface area contributed by atoms with Gasteiger partial charge in [0, 0.05) is 13.1 Å². The number of carbonyl (C=O) groups excluding carboxylic acids is 2. The van der Waals surface area contributed by atoms with Crippen LogP contribution >= 0.6 is 0 Å². The summed E-state index contributed by atoms with van der Waals surface area (Å²) in [5.41, 5.74) is 8.17. The average molecular weight is 747 g/mol. The molecule has 2 saturated heterocycles. The molecular weight excluding hydrogens is 697 g/mol. The number of rotatable bonds is 11. The lowest BCUT2D eigenvalue weighted by Crippen LogP contribution is -2.40. The van der Waals surface area contributed by atoms with Gasteiger partial charge in [-0.15, -0.1) is 0 Å². The molecule has 2 unspecified atom stereocenters. The van der Waals surface area contributed by atoms with Gasteiger partial charge in [0.25, 0.3) is 0 Å². The largest absolute Gasteiger partial charge is 0.340 e. The van der Waals surface area contributed by atoms with Gasteiger partial charge in [-0.3, -0.25) is 19.4 Å². The number of carbonyl (C=O) groups is 2. The zero-order valence-corrected chi connectivity index (χ0v) is 32.6. The fourth-order valence-electron chi connectivity index (χ4n) is 8.53. The Bertz CT molecular complexity index is 2080. The third kappa shape index (κ3) is 7.42. The molecule has 2 aliphatic rings. The Hall–Kier alpha value is -5.84. The topological polar surface area (TPSA) is 104 Å². The van der Waals surface area contributed by atoms with Gasteiger partial charge in [0.1, 0.15) is 23.7 Å². The number of imidazole rings is 2. The highest BCUT2D eigenvalue weighted by Gasteiger charge is 2.38. The lowest BCUT2D eigenvalue weighted by atomic mass is 10.0. The van der Waals surface area contributed by atoms with E-state index >= 15 is 0 Å². The molecule has 6 aromatic rings. The fraction of sp³-hybridized carbons (Fsp3) is 0.304. The normalized spacial score (nSPS) is 18.2. The van der Waals surface area contributed by atoms with Gasteiger partial charge in [0.15, 0.2) is 0 Å². The highest BCUT2D eigenvalue weighted by Crippen LogP contribution is 2.37. The summed E-state index contributed by atoms with van der Waals surface area (Å²) in [6, 6.07) is 36.1. The second-order valence-electron chi connectivity index (χ2n) is 15.5. The van der Waals surface area contributed by atoms with Gasteiger partial charge in [0.05, 0.1) is 35.9 Å². The highest BCUT2D eigenvalue weighted by molar-refractivity contribution is 5.84. The van der Waals surface area contributed by atoms with E-state index in [1.807, 2.05) is 121 Å². The van der Waals surface area contributed by atoms with Crippen LogP contribution in [0.5, 0.6) is 0 Å². The van der Waals surface area contributed by atoms with Crippen molar-refractivity contribution in [2.24, 2.45) is 0 Å². The maximum absolute atomic E-state index is 13.9. The molecule has 0 bridgehead atoms. The number of amides is 2. The number of nitrogens with one attached hydrogen (secondary N) is 2. The van der Waals surface area contributed by atoms with Crippen LogP contribution in [0.25, 0.3) is 33.6 Å². The van der Waals surface area contributed by atoms with Crippen molar-refractivity contribution >= 4 is 11.8 Å². The lowest BCUT2D eigenvalue weighted by molar-refractivity contribution is -0.138. The van der Waals surface area contributed by atoms with E-state index in [1.165, 1.54) is 0 Å². The number of aromatic amines is 2. The first-order valence-corrected chi connectivity index (χ1v) is 19.6. The number of hydrogen-bond acceptors (Lipinski definition) is 6. The van der Waals surface area contributed by atoms with Crippen LogP contribution in [0.2, 0.25) is 0 Å². The summed E-state index contributed by atoms with van der Waals surface area (Å²) in [4.78, 5) is 52.5. The second-order valence-corrected chi connectivity index (χ2v) is 15.5. The molecule has 4 aromatic carbocycles. The Morgan fingerprint density at radius 2 is 0.911 bits per heavy atom. The number of benzene rings is 4. The molecule has 2 N–H and O–H groups in total. The molecule has 2 aliphatic heterocycles. The van der Waals surface area contributed by atoms with Gasteiger partial charge in [-0.05, 0) is 87.3 Å². The van der Waals surface area contributed by atoms with E-state index < -0.39 is 0 Å². The van der Waals surface area contributed by atoms with E-state index in [-0.39, 0.29) is 36.0 Å². The van der Waals surface area contributed by atoms with Crippen LogP contribution in [0, 0.1) is 0 Å². The molecular formula is C46H50N8O2. The smallest absolute Gasteiger partial charge is 0.245 e. The van der Waals surface area contributed by atoms with Gasteiger partial charge in [-0.1, -0.05) is 109 Å². The molecule has 4 heterocycles. The number of aromatic nitrogens is 4. The third-order valence-corrected chi connectivity index (χ3v) is 11.4. The van der Waals surface area contributed by atoms with Gasteiger partial charge in [-0.2, -0.15) is 0 Å². The first-order valence-electron chi connectivity index (χ1n) is 19.6. The highest BCUT2D eigenvalue weighted by atomic mass is 16.2. The van der Waals surface area contributed by atoms with Gasteiger partial charge >= 0.3 is 0 Å². The number of likely N-dealkylation sites (N-methyl/N-ethyl adjacent to an activating group) is 2. The van der Waals surface area contributed by atoms with E-state index in [2.05, 4.69) is 58.5 Å². The lowest BCUT2D eigenvalue weighted by Gasteiger charge is -2.31. The van der Waals surface area contributed by atoms with Crippen LogP contribution in [-0.2, 0) is 9.59 Å². The predicted molar refractivity (Wildman–Crippen MR) is 220 cm³/mol. The van der Waals surface area contributed by atoms with Gasteiger partial charge in [-0.25, -0.2) is 9.97 Å². The van der Waals surface area contributed by atoms with Crippen molar-refractivity contribution in [3.8, 4) is 33.6 Å². The molecule has 10 nitrogen and oxygen atoms in total. The van der Waals surface area contributed by atoms with Crippen molar-refractivity contribution in [1.82, 2.24) is 39.5 Å². The van der Waals surface area contributed by atoms with E-state index in [0.717, 1.165) is 95.2 Å². The molecule has 0 radical (unpaired) electrons. The van der Waals surface area contributed by atoms with E-state index in [4.69, 9.17) is 9.97 Å². The van der Waals surface area contributed by atoms with Crippen LogP contribution in [0.15, 0.2) is 122 Å². The van der Waals surface area contributed by atoms with E-state index in [0.29, 0.717) is 0 Å². The molecule has 56 heavy (non-hydrogen) atoms. The summed E-state index contributed by atoms with van der Waals surface area (Å²) >= 11 is 0. The van der Waals surface area contributed by atoms with Crippen LogP contribution in [0.3, 0.4) is 0 Å². The van der Waals surface area contributed by atoms with Crippen molar-refractivity contribution in [3.05, 3.63) is 144 Å². The summed E-state index contributed by atoms with van der Waals surface area (Å²) < 4.78 is 0. The summed E-state index contributed by atoms with van der Waals surface area (Å²) in [6.07, 6.45) is 7.42. The summed E-state index contributed by atoms with van der Waals surface area (Å²) in [7, 11) is 7.84. The zero-order chi connectivity index (χ0) is 38.8. The molecule has 0 aliphatic carbocycles. The summed E-state index contributed by atoms with van der Waals surface area (Å²) in [5, 5.41) is 0. The third-order valence-electron chi connectivity index (χ3n) is 11.4. The fourth-order valence-corrected chi connectivity index (χ4v) is 8.53. The Labute approximate surface area is 329 Å². The monoisotopic (exact) mass is 746 g/mol. The maximum Gasteiger partial charge on any atom is 0.245 e. The molecule has 4 atom stereocenters. The standard InChI is InChI=1S/C46H50N8O2/c1-51(2)41(35-13-7-5-8-14-35)45(55)53-27-11-17-39(53)43-47-29-37(49-43)33-23-19-31(20-24-33)32-21-25-34(26-22-32)38-30-48-44(50-38)40-18-12-28-54(40)46(56)42(52(3)4)36-15-9-6-10-16-36/h5-10,13-16,19-26,29-30,39-42H,11-12,17-18,27-28H2,1-4H3,(H,47,49)(H,48,50)/t39-,40-,41?,42?/m0/s1. The minimum Gasteiger partial charge on any atom is -0.340 e. The van der Waals surface area contributed by atoms with Crippen molar-refractivity contribution in [1.29, 1.82) is 0 Å². The first kappa shape index (κ1) is 37.1. The Balaban J connectivity index is 0.930. The Morgan fingerprint density at radius 3 is 1.27 bits per heavy atom.